The molecule has 7 nitrogen and oxygen atoms in total. The van der Waals surface area contributed by atoms with Crippen molar-refractivity contribution in [2.45, 2.75) is 31.6 Å². The van der Waals surface area contributed by atoms with Gasteiger partial charge in [-0.15, -0.1) is 13.2 Å². The molecule has 0 aromatic heterocycles. The van der Waals surface area contributed by atoms with E-state index in [0.29, 0.717) is 0 Å². The van der Waals surface area contributed by atoms with E-state index in [1.165, 1.54) is 6.07 Å². The molecule has 29 heavy (non-hydrogen) atoms. The predicted octanol–water partition coefficient (Wildman–Crippen LogP) is 2.88. The quantitative estimate of drug-likeness (QED) is 0.494. The van der Waals surface area contributed by atoms with E-state index in [9.17, 15) is 28.2 Å². The van der Waals surface area contributed by atoms with E-state index >= 15 is 0 Å². The van der Waals surface area contributed by atoms with E-state index < -0.39 is 30.4 Å². The molecule has 1 amide bonds. The molecule has 2 aromatic rings. The minimum atomic E-state index is -4.97. The van der Waals surface area contributed by atoms with Gasteiger partial charge in [-0.3, -0.25) is 0 Å². The fourth-order valence-corrected chi connectivity index (χ4v) is 2.48. The second-order valence-corrected chi connectivity index (χ2v) is 6.13. The zero-order valence-corrected chi connectivity index (χ0v) is 15.2. The maximum Gasteiger partial charge on any atom is 0.573 e. The number of nitrogens with one attached hydrogen (secondary N) is 1. The number of hydrogen-bond donors (Lipinski definition) is 4. The van der Waals surface area contributed by atoms with Crippen molar-refractivity contribution in [2.24, 2.45) is 0 Å². The average Bonchev–Trinajstić information content (AvgIpc) is 2.67. The Labute approximate surface area is 164 Å². The maximum absolute atomic E-state index is 12.5. The van der Waals surface area contributed by atoms with E-state index in [-0.39, 0.29) is 30.8 Å². The van der Waals surface area contributed by atoms with E-state index in [1.807, 2.05) is 6.07 Å². The number of aliphatic hydroxyl groups excluding tert-OH is 2. The van der Waals surface area contributed by atoms with Gasteiger partial charge in [0.2, 0.25) is 0 Å². The first-order valence-electron chi connectivity index (χ1n) is 8.61. The van der Waals surface area contributed by atoms with Crippen molar-refractivity contribution in [1.29, 1.82) is 0 Å². The van der Waals surface area contributed by atoms with Crippen molar-refractivity contribution < 1.29 is 37.7 Å². The van der Waals surface area contributed by atoms with Gasteiger partial charge in [-0.2, -0.15) is 0 Å². The first kappa shape index (κ1) is 22.3. The first-order chi connectivity index (χ1) is 13.7. The van der Waals surface area contributed by atoms with Gasteiger partial charge in [-0.25, -0.2) is 4.79 Å². The molecule has 5 N–H and O–H groups in total. The Bertz CT molecular complexity index is 802. The van der Waals surface area contributed by atoms with Gasteiger partial charge in [0.05, 0.1) is 6.10 Å². The number of rotatable bonds is 8. The number of benzene rings is 2. The van der Waals surface area contributed by atoms with Crippen LogP contribution in [0, 0.1) is 0 Å². The van der Waals surface area contributed by atoms with Crippen molar-refractivity contribution in [1.82, 2.24) is 5.32 Å². The van der Waals surface area contributed by atoms with Crippen LogP contribution < -0.4 is 15.8 Å². The average molecular weight is 414 g/mol. The highest BCUT2D eigenvalue weighted by atomic mass is 19.4. The molecule has 2 aromatic carbocycles. The Morgan fingerprint density at radius 1 is 1.14 bits per heavy atom. The van der Waals surface area contributed by atoms with Crippen LogP contribution in [0.5, 0.6) is 5.75 Å². The van der Waals surface area contributed by atoms with Crippen LogP contribution in [-0.4, -0.2) is 35.3 Å². The number of aliphatic hydroxyl groups is 2. The number of hydrogen-bond acceptors (Lipinski definition) is 6. The smallest absolute Gasteiger partial charge is 0.445 e. The Balaban J connectivity index is 1.86. The highest BCUT2D eigenvalue weighted by molar-refractivity contribution is 5.67. The van der Waals surface area contributed by atoms with Crippen LogP contribution in [0.1, 0.15) is 23.7 Å². The van der Waals surface area contributed by atoms with Gasteiger partial charge in [0, 0.05) is 17.8 Å². The monoisotopic (exact) mass is 414 g/mol. The lowest BCUT2D eigenvalue weighted by atomic mass is 10.0. The second kappa shape index (κ2) is 9.99. The lowest BCUT2D eigenvalue weighted by Gasteiger charge is -2.22. The zero-order valence-electron chi connectivity index (χ0n) is 15.2. The van der Waals surface area contributed by atoms with Gasteiger partial charge in [0.15, 0.2) is 0 Å². The number of alkyl carbamates (subject to hydrolysis) is 1. The Kier molecular flexibility index (Phi) is 7.68. The van der Waals surface area contributed by atoms with Crippen LogP contribution in [0.25, 0.3) is 0 Å². The summed E-state index contributed by atoms with van der Waals surface area (Å²) < 4.78 is 46.4. The number of nitrogens with two attached hydrogens (primary N) is 1. The molecule has 0 aliphatic rings. The predicted molar refractivity (Wildman–Crippen MR) is 97.8 cm³/mol. The maximum atomic E-state index is 12.5. The van der Waals surface area contributed by atoms with Gasteiger partial charge in [-0.1, -0.05) is 30.3 Å². The van der Waals surface area contributed by atoms with E-state index in [1.54, 1.807) is 24.3 Å². The number of ether oxygens (including phenoxy) is 2. The van der Waals surface area contributed by atoms with Gasteiger partial charge >= 0.3 is 12.5 Å². The molecule has 10 heteroatoms. The lowest BCUT2D eigenvalue weighted by molar-refractivity contribution is -0.275. The number of nitrogen functional groups attached to an aromatic ring is 1. The molecule has 0 heterocycles. The van der Waals surface area contributed by atoms with Gasteiger partial charge in [-0.05, 0) is 30.2 Å². The molecular formula is C19H21F3N2O5. The molecule has 2 atom stereocenters. The van der Waals surface area contributed by atoms with Crippen LogP contribution >= 0.6 is 0 Å². The molecule has 0 aliphatic heterocycles. The zero-order chi connectivity index (χ0) is 21.4. The second-order valence-electron chi connectivity index (χ2n) is 6.13. The molecule has 2 unspecified atom stereocenters. The van der Waals surface area contributed by atoms with Crippen LogP contribution in [0.2, 0.25) is 0 Å². The standard InChI is InChI=1S/C19H21F3N2O5/c20-19(21,22)29-16-7-6-13(23)10-14(16)17(26)15(25)8-9-24-18(27)28-11-12-4-2-1-3-5-12/h1-7,10,15,17,25-26H,8-9,11,23H2,(H,24,27). The number of alkyl halides is 3. The highest BCUT2D eigenvalue weighted by Gasteiger charge is 2.33. The first-order valence-corrected chi connectivity index (χ1v) is 8.61. The summed E-state index contributed by atoms with van der Waals surface area (Å²) in [7, 11) is 0. The molecule has 0 saturated heterocycles. The van der Waals surface area contributed by atoms with Crippen molar-refractivity contribution in [3.05, 3.63) is 59.7 Å². The minimum absolute atomic E-state index is 0.0548. The number of carbonyl (C=O) groups is 1. The van der Waals surface area contributed by atoms with Gasteiger partial charge in [0.25, 0.3) is 0 Å². The highest BCUT2D eigenvalue weighted by Crippen LogP contribution is 2.33. The summed E-state index contributed by atoms with van der Waals surface area (Å²) >= 11 is 0. The number of amides is 1. The van der Waals surface area contributed by atoms with Crippen LogP contribution in [0.3, 0.4) is 0 Å². The fraction of sp³-hybridized carbons (Fsp3) is 0.316. The Morgan fingerprint density at radius 2 is 1.83 bits per heavy atom. The summed E-state index contributed by atoms with van der Waals surface area (Å²) in [4.78, 5) is 11.7. The summed E-state index contributed by atoms with van der Waals surface area (Å²) in [6.07, 6.45) is -9.05. The van der Waals surface area contributed by atoms with E-state index in [0.717, 1.165) is 17.7 Å². The molecule has 0 spiro atoms. The topological polar surface area (TPSA) is 114 Å². The summed E-state index contributed by atoms with van der Waals surface area (Å²) in [5.74, 6) is -0.673. The third-order valence-electron chi connectivity index (χ3n) is 3.86. The van der Waals surface area contributed by atoms with Crippen LogP contribution in [0.4, 0.5) is 23.7 Å². The Morgan fingerprint density at radius 3 is 2.48 bits per heavy atom. The van der Waals surface area contributed by atoms with Crippen molar-refractivity contribution in [2.75, 3.05) is 12.3 Å². The third-order valence-corrected chi connectivity index (χ3v) is 3.86. The summed E-state index contributed by atoms with van der Waals surface area (Å²) in [5, 5.41) is 22.7. The SMILES string of the molecule is Nc1ccc(OC(F)(F)F)c(C(O)C(O)CCNC(=O)OCc2ccccc2)c1. The summed E-state index contributed by atoms with van der Waals surface area (Å²) in [6, 6.07) is 12.2. The third kappa shape index (κ3) is 7.51. The molecule has 0 radical (unpaired) electrons. The Hall–Kier alpha value is -2.98. The molecular weight excluding hydrogens is 393 g/mol. The van der Waals surface area contributed by atoms with E-state index in [4.69, 9.17) is 10.5 Å². The van der Waals surface area contributed by atoms with Gasteiger partial charge in [0.1, 0.15) is 18.5 Å². The summed E-state index contributed by atoms with van der Waals surface area (Å²) in [5.41, 5.74) is 6.10. The van der Waals surface area contributed by atoms with Crippen LogP contribution in [0.15, 0.2) is 48.5 Å². The normalized spacial score (nSPS) is 13.4. The number of carbonyl (C=O) groups excluding carboxylic acids is 1. The van der Waals surface area contributed by atoms with E-state index in [2.05, 4.69) is 10.1 Å². The minimum Gasteiger partial charge on any atom is -0.445 e. The van der Waals surface area contributed by atoms with Crippen molar-refractivity contribution in [3.63, 3.8) is 0 Å². The number of anilines is 1. The molecule has 0 saturated carbocycles. The van der Waals surface area contributed by atoms with Gasteiger partial charge < -0.3 is 30.7 Å². The van der Waals surface area contributed by atoms with Crippen LogP contribution in [-0.2, 0) is 11.3 Å². The molecule has 0 fully saturated rings. The molecule has 0 aliphatic carbocycles. The fourth-order valence-electron chi connectivity index (χ4n) is 2.48. The van der Waals surface area contributed by atoms with Crippen molar-refractivity contribution >= 4 is 11.8 Å². The molecule has 2 rings (SSSR count). The van der Waals surface area contributed by atoms with Crippen molar-refractivity contribution in [3.8, 4) is 5.75 Å². The number of halogens is 3. The molecule has 158 valence electrons. The lowest BCUT2D eigenvalue weighted by Crippen LogP contribution is -2.30. The largest absolute Gasteiger partial charge is 0.573 e. The summed E-state index contributed by atoms with van der Waals surface area (Å²) in [6.45, 7) is -0.0249. The molecule has 0 bridgehead atoms.